The van der Waals surface area contributed by atoms with E-state index in [4.69, 9.17) is 4.52 Å². The van der Waals surface area contributed by atoms with E-state index in [1.54, 1.807) is 6.20 Å². The normalized spacial score (nSPS) is 11.9. The van der Waals surface area contributed by atoms with Crippen LogP contribution in [0.15, 0.2) is 16.8 Å². The van der Waals surface area contributed by atoms with Crippen molar-refractivity contribution in [1.29, 1.82) is 0 Å². The number of hydrogen-bond donors (Lipinski definition) is 0. The Balaban J connectivity index is 2.69. The van der Waals surface area contributed by atoms with E-state index in [-0.39, 0.29) is 0 Å². The maximum absolute atomic E-state index is 5.21. The Morgan fingerprint density at radius 2 is 1.87 bits per heavy atom. The van der Waals surface area contributed by atoms with E-state index in [2.05, 4.69) is 37.8 Å². The van der Waals surface area contributed by atoms with Gasteiger partial charge in [-0.15, -0.1) is 0 Å². The Kier molecular flexibility index (Phi) is 2.47. The highest BCUT2D eigenvalue weighted by Gasteiger charge is 2.13. The molecule has 2 heterocycles. The fourth-order valence-corrected chi connectivity index (χ4v) is 1.65. The molecule has 2 aromatic rings. The summed E-state index contributed by atoms with van der Waals surface area (Å²) in [5.41, 5.74) is 3.00. The molecule has 0 fully saturated rings. The molecule has 0 amide bonds. The Hall–Kier alpha value is -1.38. The van der Waals surface area contributed by atoms with Crippen LogP contribution in [0.5, 0.6) is 0 Å². The van der Waals surface area contributed by atoms with Crippen molar-refractivity contribution in [2.24, 2.45) is 0 Å². The van der Waals surface area contributed by atoms with E-state index in [9.17, 15) is 0 Å². The van der Waals surface area contributed by atoms with Crippen LogP contribution in [0.2, 0.25) is 0 Å². The van der Waals surface area contributed by atoms with Gasteiger partial charge in [-0.05, 0) is 11.8 Å². The van der Waals surface area contributed by atoms with Crippen LogP contribution in [-0.4, -0.2) is 10.1 Å². The number of nitrogens with zero attached hydrogens (tertiary/aromatic N) is 2. The summed E-state index contributed by atoms with van der Waals surface area (Å²) >= 11 is 0. The summed E-state index contributed by atoms with van der Waals surface area (Å²) in [6, 6.07) is 1.98. The van der Waals surface area contributed by atoms with Crippen LogP contribution in [0.1, 0.15) is 50.9 Å². The van der Waals surface area contributed by atoms with Crippen molar-refractivity contribution in [1.82, 2.24) is 10.1 Å². The van der Waals surface area contributed by atoms with Crippen LogP contribution >= 0.6 is 0 Å². The second-order valence-corrected chi connectivity index (χ2v) is 4.48. The lowest BCUT2D eigenvalue weighted by atomic mass is 10.0. The Morgan fingerprint density at radius 1 is 1.13 bits per heavy atom. The zero-order chi connectivity index (χ0) is 11.0. The van der Waals surface area contributed by atoms with Crippen LogP contribution in [-0.2, 0) is 0 Å². The van der Waals surface area contributed by atoms with Gasteiger partial charge < -0.3 is 4.52 Å². The summed E-state index contributed by atoms with van der Waals surface area (Å²) < 4.78 is 5.21. The van der Waals surface area contributed by atoms with Crippen molar-refractivity contribution in [3.8, 4) is 0 Å². The van der Waals surface area contributed by atoms with Gasteiger partial charge in [0, 0.05) is 11.8 Å². The number of fused-ring (bicyclic) bond motifs is 1. The van der Waals surface area contributed by atoms with Gasteiger partial charge in [-0.25, -0.2) is 0 Å². The molecule has 0 aliphatic heterocycles. The van der Waals surface area contributed by atoms with E-state index in [0.717, 1.165) is 22.4 Å². The zero-order valence-electron chi connectivity index (χ0n) is 9.61. The minimum Gasteiger partial charge on any atom is -0.356 e. The van der Waals surface area contributed by atoms with Crippen LogP contribution in [0.4, 0.5) is 0 Å². The maximum atomic E-state index is 5.21. The van der Waals surface area contributed by atoms with Gasteiger partial charge in [0.2, 0.25) is 0 Å². The first-order chi connectivity index (χ1) is 7.09. The molecule has 0 aromatic carbocycles. The lowest BCUT2D eigenvalue weighted by Gasteiger charge is -2.10. The minimum absolute atomic E-state index is 0.394. The summed E-state index contributed by atoms with van der Waals surface area (Å²) in [5.74, 6) is 0.808. The highest BCUT2D eigenvalue weighted by molar-refractivity contribution is 5.79. The van der Waals surface area contributed by atoms with Gasteiger partial charge in [0.15, 0.2) is 5.58 Å². The predicted octanol–water partition coefficient (Wildman–Crippen LogP) is 3.47. The predicted molar refractivity (Wildman–Crippen MR) is 60.0 cm³/mol. The molecule has 0 aliphatic carbocycles. The molecule has 0 N–H and O–H groups in total. The second-order valence-electron chi connectivity index (χ2n) is 4.48. The fraction of sp³-hybridized carbons (Fsp3) is 0.500. The summed E-state index contributed by atoms with van der Waals surface area (Å²) in [6.45, 7) is 8.54. The highest BCUT2D eigenvalue weighted by Crippen LogP contribution is 2.26. The van der Waals surface area contributed by atoms with Crippen molar-refractivity contribution in [2.45, 2.75) is 39.5 Å². The molecular weight excluding hydrogens is 188 g/mol. The summed E-state index contributed by atoms with van der Waals surface area (Å²) in [5, 5.41) is 4.87. The third kappa shape index (κ3) is 1.74. The SMILES string of the molecule is CC(C)c1cc2oncc2c(C(C)C)n1. The van der Waals surface area contributed by atoms with Gasteiger partial charge in [0.1, 0.15) is 0 Å². The molecule has 0 saturated heterocycles. The molecule has 80 valence electrons. The fourth-order valence-electron chi connectivity index (χ4n) is 1.65. The second kappa shape index (κ2) is 3.65. The van der Waals surface area contributed by atoms with E-state index in [0.29, 0.717) is 11.8 Å². The van der Waals surface area contributed by atoms with Crippen LogP contribution in [0.25, 0.3) is 11.0 Å². The zero-order valence-corrected chi connectivity index (χ0v) is 9.61. The molecule has 15 heavy (non-hydrogen) atoms. The largest absolute Gasteiger partial charge is 0.356 e. The topological polar surface area (TPSA) is 38.9 Å². The molecule has 0 bridgehead atoms. The van der Waals surface area contributed by atoms with Crippen LogP contribution in [0, 0.1) is 0 Å². The highest BCUT2D eigenvalue weighted by atomic mass is 16.5. The Morgan fingerprint density at radius 3 is 2.47 bits per heavy atom. The number of hydrogen-bond acceptors (Lipinski definition) is 3. The third-order valence-electron chi connectivity index (χ3n) is 2.54. The third-order valence-corrected chi connectivity index (χ3v) is 2.54. The van der Waals surface area contributed by atoms with Gasteiger partial charge in [0.25, 0.3) is 0 Å². The first-order valence-corrected chi connectivity index (χ1v) is 5.34. The molecule has 0 radical (unpaired) electrons. The molecular formula is C12H16N2O. The lowest BCUT2D eigenvalue weighted by molar-refractivity contribution is 0.456. The maximum Gasteiger partial charge on any atom is 0.170 e. The van der Waals surface area contributed by atoms with Crippen LogP contribution < -0.4 is 0 Å². The lowest BCUT2D eigenvalue weighted by Crippen LogP contribution is -1.99. The molecule has 3 heteroatoms. The molecule has 3 nitrogen and oxygen atoms in total. The molecule has 0 atom stereocenters. The van der Waals surface area contributed by atoms with Gasteiger partial charge in [-0.3, -0.25) is 4.98 Å². The van der Waals surface area contributed by atoms with E-state index >= 15 is 0 Å². The summed E-state index contributed by atoms with van der Waals surface area (Å²) in [6.07, 6.45) is 1.75. The van der Waals surface area contributed by atoms with Gasteiger partial charge >= 0.3 is 0 Å². The molecule has 0 spiro atoms. The van der Waals surface area contributed by atoms with E-state index in [1.807, 2.05) is 6.07 Å². The average molecular weight is 204 g/mol. The van der Waals surface area contributed by atoms with Crippen LogP contribution in [0.3, 0.4) is 0 Å². The van der Waals surface area contributed by atoms with Gasteiger partial charge in [0.05, 0.1) is 17.3 Å². The van der Waals surface area contributed by atoms with Crippen molar-refractivity contribution in [3.05, 3.63) is 23.7 Å². The Bertz CT molecular complexity index is 471. The van der Waals surface area contributed by atoms with Crippen molar-refractivity contribution in [3.63, 3.8) is 0 Å². The first-order valence-electron chi connectivity index (χ1n) is 5.34. The minimum atomic E-state index is 0.394. The van der Waals surface area contributed by atoms with Gasteiger partial charge in [-0.1, -0.05) is 32.9 Å². The van der Waals surface area contributed by atoms with E-state index in [1.165, 1.54) is 0 Å². The summed E-state index contributed by atoms with van der Waals surface area (Å²) in [4.78, 5) is 4.67. The van der Waals surface area contributed by atoms with Crippen molar-refractivity contribution in [2.75, 3.05) is 0 Å². The van der Waals surface area contributed by atoms with Crippen molar-refractivity contribution >= 4 is 11.0 Å². The van der Waals surface area contributed by atoms with Gasteiger partial charge in [-0.2, -0.15) is 0 Å². The monoisotopic (exact) mass is 204 g/mol. The standard InChI is InChI=1S/C12H16N2O/c1-7(2)10-5-11-9(6-13-15-11)12(14-10)8(3)4/h5-8H,1-4H3. The number of pyridine rings is 1. The Labute approximate surface area is 89.5 Å². The quantitative estimate of drug-likeness (QED) is 0.751. The first kappa shape index (κ1) is 10.1. The molecule has 0 unspecified atom stereocenters. The average Bonchev–Trinajstić information content (AvgIpc) is 2.62. The van der Waals surface area contributed by atoms with Crippen molar-refractivity contribution < 1.29 is 4.52 Å². The number of rotatable bonds is 2. The van der Waals surface area contributed by atoms with E-state index < -0.39 is 0 Å². The molecule has 0 saturated carbocycles. The molecule has 2 aromatic heterocycles. The summed E-state index contributed by atoms with van der Waals surface area (Å²) in [7, 11) is 0. The molecule has 2 rings (SSSR count). The number of aromatic nitrogens is 2. The smallest absolute Gasteiger partial charge is 0.170 e. The molecule has 0 aliphatic rings.